The number of hydrogen-bond donors (Lipinski definition) is 0. The standard InChI is InChI=1S/C34H58O2/c1-23(2)10-9-11-24(3)28-14-15-29-27-13-12-25-22-26(36-31(35)18-19-32(4,5)6)16-20-33(25,7)30(27)17-21-34(28,29)8/h12,23-24,26-30H,9-11,13-22H2,1-8H3/t24-,26+,27+,28-,29+,30+,33+,34-/m1/s1. The van der Waals surface area contributed by atoms with E-state index in [-0.39, 0.29) is 17.5 Å². The number of carbonyl (C=O) groups is 1. The lowest BCUT2D eigenvalue weighted by Gasteiger charge is -2.58. The van der Waals surface area contributed by atoms with E-state index in [1.165, 1.54) is 57.8 Å². The van der Waals surface area contributed by atoms with Gasteiger partial charge in [-0.15, -0.1) is 0 Å². The van der Waals surface area contributed by atoms with Gasteiger partial charge in [0.1, 0.15) is 6.10 Å². The molecule has 4 rings (SSSR count). The van der Waals surface area contributed by atoms with E-state index in [1.54, 1.807) is 5.57 Å². The summed E-state index contributed by atoms with van der Waals surface area (Å²) in [6.07, 6.45) is 18.7. The van der Waals surface area contributed by atoms with Crippen LogP contribution in [0.25, 0.3) is 0 Å². The maximum absolute atomic E-state index is 12.5. The molecule has 0 saturated heterocycles. The van der Waals surface area contributed by atoms with Crippen molar-refractivity contribution < 1.29 is 9.53 Å². The minimum absolute atomic E-state index is 0.0146. The molecule has 0 aromatic heterocycles. The van der Waals surface area contributed by atoms with Crippen molar-refractivity contribution in [1.29, 1.82) is 0 Å². The summed E-state index contributed by atoms with van der Waals surface area (Å²) in [5.41, 5.74) is 2.70. The van der Waals surface area contributed by atoms with Crippen LogP contribution in [0.1, 0.15) is 139 Å². The first-order valence-electron chi connectivity index (χ1n) is 15.7. The number of rotatable bonds is 8. The summed E-state index contributed by atoms with van der Waals surface area (Å²) in [6, 6.07) is 0. The average Bonchev–Trinajstić information content (AvgIpc) is 3.14. The van der Waals surface area contributed by atoms with Gasteiger partial charge in [0.15, 0.2) is 0 Å². The molecule has 2 heteroatoms. The van der Waals surface area contributed by atoms with E-state index in [9.17, 15) is 4.79 Å². The first-order valence-corrected chi connectivity index (χ1v) is 15.7. The largest absolute Gasteiger partial charge is 0.462 e. The molecule has 0 amide bonds. The Kier molecular flexibility index (Phi) is 8.44. The first-order chi connectivity index (χ1) is 16.8. The minimum atomic E-state index is 0.0146. The van der Waals surface area contributed by atoms with Crippen LogP contribution in [0.2, 0.25) is 0 Å². The fraction of sp³-hybridized carbons (Fsp3) is 0.912. The molecule has 0 aromatic carbocycles. The molecule has 3 saturated carbocycles. The fourth-order valence-corrected chi connectivity index (χ4v) is 9.47. The third-order valence-electron chi connectivity index (χ3n) is 11.6. The van der Waals surface area contributed by atoms with Crippen molar-refractivity contribution in [2.24, 2.45) is 51.8 Å². The van der Waals surface area contributed by atoms with Crippen molar-refractivity contribution >= 4 is 5.97 Å². The zero-order chi connectivity index (χ0) is 26.3. The Labute approximate surface area is 223 Å². The summed E-state index contributed by atoms with van der Waals surface area (Å²) in [5, 5.41) is 0. The van der Waals surface area contributed by atoms with E-state index in [2.05, 4.69) is 61.5 Å². The van der Waals surface area contributed by atoms with E-state index in [1.807, 2.05) is 0 Å². The lowest BCUT2D eigenvalue weighted by molar-refractivity contribution is -0.152. The number of hydrogen-bond acceptors (Lipinski definition) is 2. The van der Waals surface area contributed by atoms with E-state index in [4.69, 9.17) is 4.74 Å². The molecule has 0 bridgehead atoms. The second kappa shape index (κ2) is 10.8. The van der Waals surface area contributed by atoms with Gasteiger partial charge in [-0.25, -0.2) is 0 Å². The van der Waals surface area contributed by atoms with E-state index in [0.29, 0.717) is 17.3 Å². The van der Waals surface area contributed by atoms with Crippen LogP contribution in [0, 0.1) is 51.8 Å². The van der Waals surface area contributed by atoms with E-state index < -0.39 is 0 Å². The summed E-state index contributed by atoms with van der Waals surface area (Å²) in [6.45, 7) is 19.2. The van der Waals surface area contributed by atoms with Crippen LogP contribution in [0.5, 0.6) is 0 Å². The molecular formula is C34H58O2. The molecule has 0 aromatic rings. The molecule has 0 aliphatic heterocycles. The highest BCUT2D eigenvalue weighted by atomic mass is 16.5. The molecule has 0 unspecified atom stereocenters. The van der Waals surface area contributed by atoms with Crippen molar-refractivity contribution in [2.45, 2.75) is 145 Å². The maximum atomic E-state index is 12.5. The lowest BCUT2D eigenvalue weighted by atomic mass is 9.47. The maximum Gasteiger partial charge on any atom is 0.306 e. The van der Waals surface area contributed by atoms with E-state index >= 15 is 0 Å². The third kappa shape index (κ3) is 5.78. The Morgan fingerprint density at radius 1 is 1.03 bits per heavy atom. The second-order valence-corrected chi connectivity index (χ2v) is 15.7. The number of esters is 1. The molecule has 4 aliphatic carbocycles. The van der Waals surface area contributed by atoms with Crippen LogP contribution in [0.15, 0.2) is 11.6 Å². The van der Waals surface area contributed by atoms with Gasteiger partial charge >= 0.3 is 5.97 Å². The van der Waals surface area contributed by atoms with Crippen molar-refractivity contribution in [3.63, 3.8) is 0 Å². The molecule has 8 atom stereocenters. The molecule has 0 spiro atoms. The normalized spacial score (nSPS) is 39.1. The summed E-state index contributed by atoms with van der Waals surface area (Å²) in [4.78, 5) is 12.5. The Morgan fingerprint density at radius 3 is 2.47 bits per heavy atom. The third-order valence-corrected chi connectivity index (χ3v) is 11.6. The van der Waals surface area contributed by atoms with Gasteiger partial charge in [0.2, 0.25) is 0 Å². The number of carbonyl (C=O) groups excluding carboxylic acids is 1. The zero-order valence-corrected chi connectivity index (χ0v) is 25.1. The predicted octanol–water partition coefficient (Wildman–Crippen LogP) is 9.77. The topological polar surface area (TPSA) is 26.3 Å². The van der Waals surface area contributed by atoms with Crippen LogP contribution < -0.4 is 0 Å². The highest BCUT2D eigenvalue weighted by Gasteiger charge is 2.59. The smallest absolute Gasteiger partial charge is 0.306 e. The van der Waals surface area contributed by atoms with Crippen molar-refractivity contribution in [1.82, 2.24) is 0 Å². The SMILES string of the molecule is CC(C)CCC[C@@H](C)[C@H]1CC[C@H]2[C@@H]3CC=C4C[C@@H](OC(=O)CCC(C)(C)C)CC[C@]4(C)[C@H]3CC[C@]12C. The van der Waals surface area contributed by atoms with Gasteiger partial charge < -0.3 is 4.74 Å². The second-order valence-electron chi connectivity index (χ2n) is 15.7. The van der Waals surface area contributed by atoms with Crippen LogP contribution in [-0.4, -0.2) is 12.1 Å². The van der Waals surface area contributed by atoms with Crippen LogP contribution in [0.3, 0.4) is 0 Å². The fourth-order valence-electron chi connectivity index (χ4n) is 9.47. The summed E-state index contributed by atoms with van der Waals surface area (Å²) in [5.74, 6) is 5.28. The monoisotopic (exact) mass is 498 g/mol. The summed E-state index contributed by atoms with van der Waals surface area (Å²) in [7, 11) is 0. The Bertz CT molecular complexity index is 802. The lowest BCUT2D eigenvalue weighted by Crippen LogP contribution is -2.51. The summed E-state index contributed by atoms with van der Waals surface area (Å²) < 4.78 is 6.01. The van der Waals surface area contributed by atoms with Crippen molar-refractivity contribution in [2.75, 3.05) is 0 Å². The predicted molar refractivity (Wildman–Crippen MR) is 152 cm³/mol. The van der Waals surface area contributed by atoms with Gasteiger partial charge in [-0.3, -0.25) is 4.79 Å². The summed E-state index contributed by atoms with van der Waals surface area (Å²) >= 11 is 0. The van der Waals surface area contributed by atoms with Gasteiger partial charge in [0.25, 0.3) is 0 Å². The van der Waals surface area contributed by atoms with Crippen LogP contribution >= 0.6 is 0 Å². The molecule has 0 N–H and O–H groups in total. The number of fused-ring (bicyclic) bond motifs is 5. The molecule has 0 heterocycles. The number of allylic oxidation sites excluding steroid dienone is 1. The highest BCUT2D eigenvalue weighted by molar-refractivity contribution is 5.69. The Morgan fingerprint density at radius 2 is 1.78 bits per heavy atom. The first kappa shape index (κ1) is 28.2. The molecule has 36 heavy (non-hydrogen) atoms. The molecule has 3 fully saturated rings. The number of ether oxygens (including phenoxy) is 1. The van der Waals surface area contributed by atoms with E-state index in [0.717, 1.165) is 54.8 Å². The molecule has 0 radical (unpaired) electrons. The molecular weight excluding hydrogens is 440 g/mol. The quantitative estimate of drug-likeness (QED) is 0.246. The molecule has 4 aliphatic rings. The van der Waals surface area contributed by atoms with Gasteiger partial charge in [-0.2, -0.15) is 0 Å². The van der Waals surface area contributed by atoms with Gasteiger partial charge in [0.05, 0.1) is 0 Å². The molecule has 2 nitrogen and oxygen atoms in total. The Balaban J connectivity index is 1.39. The molecule has 206 valence electrons. The van der Waals surface area contributed by atoms with Crippen molar-refractivity contribution in [3.8, 4) is 0 Å². The average molecular weight is 499 g/mol. The van der Waals surface area contributed by atoms with Crippen LogP contribution in [-0.2, 0) is 9.53 Å². The van der Waals surface area contributed by atoms with Crippen molar-refractivity contribution in [3.05, 3.63) is 11.6 Å². The van der Waals surface area contributed by atoms with Gasteiger partial charge in [0, 0.05) is 12.8 Å². The Hall–Kier alpha value is -0.790. The zero-order valence-electron chi connectivity index (χ0n) is 25.1. The van der Waals surface area contributed by atoms with Gasteiger partial charge in [-0.05, 0) is 103 Å². The minimum Gasteiger partial charge on any atom is -0.462 e. The van der Waals surface area contributed by atoms with Crippen LogP contribution in [0.4, 0.5) is 0 Å². The van der Waals surface area contributed by atoms with Gasteiger partial charge in [-0.1, -0.05) is 86.3 Å². The highest BCUT2D eigenvalue weighted by Crippen LogP contribution is 2.67.